The van der Waals surface area contributed by atoms with E-state index in [0.717, 1.165) is 38.5 Å². The molecule has 0 bridgehead atoms. The molecule has 4 heteroatoms. The highest BCUT2D eigenvalue weighted by molar-refractivity contribution is 7.00. The molecule has 0 aromatic heterocycles. The predicted octanol–water partition coefficient (Wildman–Crippen LogP) is 23.5. The van der Waals surface area contributed by atoms with Crippen molar-refractivity contribution in [3.8, 4) is 22.3 Å². The molecule has 0 spiro atoms. The van der Waals surface area contributed by atoms with Gasteiger partial charge in [-0.2, -0.15) is 0 Å². The average Bonchev–Trinajstić information content (AvgIpc) is 1.51. The van der Waals surface area contributed by atoms with Gasteiger partial charge in [-0.05, 0) is 222 Å². The van der Waals surface area contributed by atoms with Crippen molar-refractivity contribution in [2.24, 2.45) is 0 Å². The Kier molecular flexibility index (Phi) is 14.1. The first-order valence-corrected chi connectivity index (χ1v) is 38.0. The fourth-order valence-corrected chi connectivity index (χ4v) is 20.9. The maximum absolute atomic E-state index is 2.92. The molecule has 0 amide bonds. The predicted molar refractivity (Wildman–Crippen MR) is 429 cm³/mol. The van der Waals surface area contributed by atoms with Crippen LogP contribution in [0.4, 0.5) is 45.5 Å². The quantitative estimate of drug-likeness (QED) is 0.133. The standard InChI is InChI=1S/C97H98BN3/c1-89(2,3)70-42-47-82(74(56-70)65-33-21-15-22-34-65)100-84-55-66(64-31-19-14-20-32-64)41-46-80(84)98-81-61-77-78(93(10,11)54-53-92(77,8)9)62-85(81)99(72-44-45-75-76(58-72)91(6,7)52-51-90(75,4)5)86-59-73(60-87(100)88(86)98)101-83-48-43-71(57-79(83)94(12)49-29-30-50-95(94,101)13)97(69-39-27-18-28-40-69)63-96(97,67-35-23-16-24-36-67)68-37-25-17-26-38-68/h14-28,31-48,55-62H,29-30,49-54,63H2,1-13H3. The molecule has 2 saturated carbocycles. The summed E-state index contributed by atoms with van der Waals surface area (Å²) in [6.07, 6.45) is 10.1. The highest BCUT2D eigenvalue weighted by atomic mass is 15.3. The van der Waals surface area contributed by atoms with Crippen LogP contribution in [0.3, 0.4) is 0 Å². The van der Waals surface area contributed by atoms with Crippen molar-refractivity contribution in [1.82, 2.24) is 0 Å². The lowest BCUT2D eigenvalue weighted by molar-refractivity contribution is 0.195. The van der Waals surface area contributed by atoms with Crippen molar-refractivity contribution < 1.29 is 0 Å². The topological polar surface area (TPSA) is 9.72 Å². The number of fused-ring (bicyclic) bond motifs is 9. The smallest absolute Gasteiger partial charge is 0.252 e. The molecule has 4 aliphatic carbocycles. The van der Waals surface area contributed by atoms with Gasteiger partial charge in [-0.25, -0.2) is 0 Å². The summed E-state index contributed by atoms with van der Waals surface area (Å²) in [4.78, 5) is 8.48. The van der Waals surface area contributed by atoms with E-state index in [4.69, 9.17) is 0 Å². The first-order chi connectivity index (χ1) is 48.4. The average molecular weight is 1320 g/mol. The minimum Gasteiger partial charge on any atom is -0.334 e. The normalized spacial score (nSPS) is 22.6. The molecule has 2 fully saturated rings. The summed E-state index contributed by atoms with van der Waals surface area (Å²) in [5.41, 5.74) is 32.2. The zero-order valence-electron chi connectivity index (χ0n) is 62.0. The molecule has 101 heavy (non-hydrogen) atoms. The van der Waals surface area contributed by atoms with E-state index in [1.54, 1.807) is 0 Å². The molecular formula is C97H98BN3. The Balaban J connectivity index is 0.963. The van der Waals surface area contributed by atoms with Crippen molar-refractivity contribution in [2.45, 2.75) is 197 Å². The Morgan fingerprint density at radius 1 is 0.327 bits per heavy atom. The summed E-state index contributed by atoms with van der Waals surface area (Å²) in [5, 5.41) is 0. The van der Waals surface area contributed by atoms with E-state index in [0.29, 0.717) is 0 Å². The van der Waals surface area contributed by atoms with Gasteiger partial charge in [0.15, 0.2) is 0 Å². The van der Waals surface area contributed by atoms with Crippen LogP contribution in [-0.4, -0.2) is 12.3 Å². The maximum atomic E-state index is 2.92. The second-order valence-electron chi connectivity index (χ2n) is 35.7. The first-order valence-electron chi connectivity index (χ1n) is 38.0. The third-order valence-electron chi connectivity index (χ3n) is 27.2. The summed E-state index contributed by atoms with van der Waals surface area (Å²) >= 11 is 0. The molecule has 11 aromatic carbocycles. The summed E-state index contributed by atoms with van der Waals surface area (Å²) in [5.74, 6) is 0. The van der Waals surface area contributed by atoms with Gasteiger partial charge in [0, 0.05) is 61.6 Å². The van der Waals surface area contributed by atoms with E-state index in [1.807, 2.05) is 0 Å². The van der Waals surface area contributed by atoms with Crippen LogP contribution >= 0.6 is 0 Å². The molecule has 504 valence electrons. The monoisotopic (exact) mass is 1320 g/mol. The van der Waals surface area contributed by atoms with Gasteiger partial charge in [0.25, 0.3) is 6.71 Å². The molecule has 7 aliphatic rings. The molecule has 3 heterocycles. The molecule has 0 radical (unpaired) electrons. The van der Waals surface area contributed by atoms with Crippen LogP contribution in [0.25, 0.3) is 22.3 Å². The van der Waals surface area contributed by atoms with Crippen LogP contribution in [0.15, 0.2) is 249 Å². The highest BCUT2D eigenvalue weighted by Crippen LogP contribution is 2.73. The highest BCUT2D eigenvalue weighted by Gasteiger charge is 2.71. The van der Waals surface area contributed by atoms with Crippen LogP contribution in [-0.2, 0) is 43.3 Å². The largest absolute Gasteiger partial charge is 0.334 e. The third kappa shape index (κ3) is 9.30. The van der Waals surface area contributed by atoms with Gasteiger partial charge in [0.2, 0.25) is 0 Å². The van der Waals surface area contributed by atoms with E-state index in [2.05, 4.69) is 353 Å². The second kappa shape index (κ2) is 22.2. The zero-order chi connectivity index (χ0) is 69.6. The summed E-state index contributed by atoms with van der Waals surface area (Å²) in [6, 6.07) is 98.5. The van der Waals surface area contributed by atoms with Crippen molar-refractivity contribution >= 4 is 68.6 Å². The van der Waals surface area contributed by atoms with Gasteiger partial charge in [-0.1, -0.05) is 290 Å². The van der Waals surface area contributed by atoms with Crippen LogP contribution in [0.5, 0.6) is 0 Å². The molecular weight excluding hydrogens is 1220 g/mol. The molecule has 3 unspecified atom stereocenters. The van der Waals surface area contributed by atoms with Gasteiger partial charge < -0.3 is 14.7 Å². The minimum atomic E-state index is -0.313. The number of rotatable bonds is 9. The van der Waals surface area contributed by atoms with Crippen LogP contribution in [0.2, 0.25) is 0 Å². The number of benzene rings is 11. The lowest BCUT2D eigenvalue weighted by atomic mass is 9.33. The summed E-state index contributed by atoms with van der Waals surface area (Å²) in [7, 11) is 0. The van der Waals surface area contributed by atoms with E-state index in [-0.39, 0.29) is 55.6 Å². The summed E-state index contributed by atoms with van der Waals surface area (Å²) in [6.45, 7) is 32.4. The molecule has 18 rings (SSSR count). The Hall–Kier alpha value is -9.12. The summed E-state index contributed by atoms with van der Waals surface area (Å²) < 4.78 is 0. The van der Waals surface area contributed by atoms with E-state index >= 15 is 0 Å². The van der Waals surface area contributed by atoms with Gasteiger partial charge in [0.1, 0.15) is 0 Å². The number of nitrogens with zero attached hydrogens (tertiary/aromatic N) is 3. The molecule has 3 aliphatic heterocycles. The minimum absolute atomic E-state index is 0.00995. The van der Waals surface area contributed by atoms with Crippen molar-refractivity contribution in [3.63, 3.8) is 0 Å². The Labute approximate surface area is 602 Å². The van der Waals surface area contributed by atoms with Gasteiger partial charge >= 0.3 is 0 Å². The van der Waals surface area contributed by atoms with E-state index in [1.165, 1.54) is 159 Å². The SMILES string of the molecule is CC(C)(C)c1ccc(N2c3cc(-c4ccccc4)ccc3B3c4cc5c(cc4N(c4ccc6c(c4)C(C)(C)CCC6(C)C)c4cc(N6c7ccc(C8(c9ccccc9)CC8(c8ccccc8)c8ccccc8)cc7C7(C)CCCCC67C)cc2c43)C(C)(C)CCC5(C)C)c(-c2ccccc2)c1. The van der Waals surface area contributed by atoms with Crippen LogP contribution in [0, 0.1) is 0 Å². The fraction of sp³-hybridized carbons (Fsp3) is 0.320. The van der Waals surface area contributed by atoms with Crippen molar-refractivity contribution in [2.75, 3.05) is 14.7 Å². The lowest BCUT2D eigenvalue weighted by Gasteiger charge is -2.51. The Bertz CT molecular complexity index is 5100. The lowest BCUT2D eigenvalue weighted by Crippen LogP contribution is -2.62. The molecule has 0 N–H and O–H groups in total. The van der Waals surface area contributed by atoms with Gasteiger partial charge in [0.05, 0.1) is 11.2 Å². The molecule has 0 saturated heterocycles. The van der Waals surface area contributed by atoms with Crippen molar-refractivity contribution in [1.29, 1.82) is 0 Å². The zero-order valence-corrected chi connectivity index (χ0v) is 62.0. The maximum Gasteiger partial charge on any atom is 0.252 e. The number of hydrogen-bond donors (Lipinski definition) is 0. The Morgan fingerprint density at radius 2 is 0.832 bits per heavy atom. The van der Waals surface area contributed by atoms with E-state index < -0.39 is 0 Å². The third-order valence-corrected chi connectivity index (χ3v) is 27.2. The van der Waals surface area contributed by atoms with Crippen LogP contribution < -0.4 is 31.1 Å². The van der Waals surface area contributed by atoms with Crippen LogP contribution in [0.1, 0.15) is 203 Å². The number of hydrogen-bond acceptors (Lipinski definition) is 3. The Morgan fingerprint density at radius 3 is 1.43 bits per heavy atom. The van der Waals surface area contributed by atoms with Crippen molar-refractivity contribution in [3.05, 3.63) is 304 Å². The molecule has 3 atom stereocenters. The molecule has 3 nitrogen and oxygen atoms in total. The van der Waals surface area contributed by atoms with E-state index in [9.17, 15) is 0 Å². The van der Waals surface area contributed by atoms with Gasteiger partial charge in [-0.15, -0.1) is 0 Å². The second-order valence-corrected chi connectivity index (χ2v) is 35.7. The first kappa shape index (κ1) is 64.0. The molecule has 11 aromatic rings. The fourth-order valence-electron chi connectivity index (χ4n) is 20.9. The van der Waals surface area contributed by atoms with Gasteiger partial charge in [-0.3, -0.25) is 0 Å². The number of anilines is 8.